The maximum absolute atomic E-state index is 14.7. The quantitative estimate of drug-likeness (QED) is 0.287. The van der Waals surface area contributed by atoms with E-state index in [4.69, 9.17) is 4.74 Å². The van der Waals surface area contributed by atoms with Gasteiger partial charge < -0.3 is 9.84 Å². The van der Waals surface area contributed by atoms with Gasteiger partial charge in [0.15, 0.2) is 0 Å². The molecule has 1 atom stereocenters. The number of hydrogen-bond acceptors (Lipinski definition) is 5. The number of ketones is 1. The summed E-state index contributed by atoms with van der Waals surface area (Å²) in [6.07, 6.45) is 2.90. The molecule has 1 aliphatic heterocycles. The van der Waals surface area contributed by atoms with E-state index in [0.29, 0.717) is 23.5 Å². The van der Waals surface area contributed by atoms with Crippen molar-refractivity contribution < 1.29 is 28.2 Å². The van der Waals surface area contributed by atoms with E-state index in [9.17, 15) is 23.5 Å². The van der Waals surface area contributed by atoms with Gasteiger partial charge in [-0.15, -0.1) is 0 Å². The summed E-state index contributed by atoms with van der Waals surface area (Å²) in [5.41, 5.74) is 0.876. The Morgan fingerprint density at radius 3 is 2.46 bits per heavy atom. The summed E-state index contributed by atoms with van der Waals surface area (Å²) >= 11 is 0. The van der Waals surface area contributed by atoms with Gasteiger partial charge in [0.1, 0.15) is 23.1 Å². The van der Waals surface area contributed by atoms with Crippen molar-refractivity contribution >= 4 is 23.1 Å². The molecule has 4 rings (SSSR count). The van der Waals surface area contributed by atoms with Gasteiger partial charge in [-0.3, -0.25) is 19.5 Å². The van der Waals surface area contributed by atoms with Crippen LogP contribution >= 0.6 is 0 Å². The molecular weight excluding hydrogens is 454 g/mol. The summed E-state index contributed by atoms with van der Waals surface area (Å²) in [7, 11) is 0. The molecular formula is C27H24F2N2O4. The number of carbonyl (C=O) groups excluding carboxylic acids is 2. The lowest BCUT2D eigenvalue weighted by molar-refractivity contribution is -0.132. The largest absolute Gasteiger partial charge is 0.507 e. The minimum Gasteiger partial charge on any atom is -0.507 e. The minimum atomic E-state index is -1.19. The van der Waals surface area contributed by atoms with E-state index in [-0.39, 0.29) is 11.5 Å². The number of ether oxygens (including phenoxy) is 1. The summed E-state index contributed by atoms with van der Waals surface area (Å²) in [6.45, 7) is 6.24. The first-order chi connectivity index (χ1) is 16.7. The monoisotopic (exact) mass is 478 g/mol. The molecule has 180 valence electrons. The van der Waals surface area contributed by atoms with Crippen LogP contribution < -0.4 is 9.64 Å². The van der Waals surface area contributed by atoms with E-state index in [1.54, 1.807) is 30.3 Å². The Kier molecular flexibility index (Phi) is 6.64. The predicted octanol–water partition coefficient (Wildman–Crippen LogP) is 5.51. The number of carbonyl (C=O) groups is 2. The van der Waals surface area contributed by atoms with Gasteiger partial charge in [0.25, 0.3) is 11.7 Å². The van der Waals surface area contributed by atoms with Crippen molar-refractivity contribution in [3.8, 4) is 5.75 Å². The summed E-state index contributed by atoms with van der Waals surface area (Å²) in [6, 6.07) is 9.54. The molecule has 2 heterocycles. The number of anilines is 1. The molecule has 0 spiro atoms. The second kappa shape index (κ2) is 9.66. The van der Waals surface area contributed by atoms with Gasteiger partial charge in [-0.1, -0.05) is 13.8 Å². The van der Waals surface area contributed by atoms with Gasteiger partial charge >= 0.3 is 0 Å². The molecule has 6 nitrogen and oxygen atoms in total. The van der Waals surface area contributed by atoms with Gasteiger partial charge in [0.2, 0.25) is 0 Å². The second-order valence-electron chi connectivity index (χ2n) is 8.39. The highest BCUT2D eigenvalue weighted by molar-refractivity contribution is 6.51. The molecule has 1 amide bonds. The first kappa shape index (κ1) is 24.1. The summed E-state index contributed by atoms with van der Waals surface area (Å²) in [5, 5.41) is 11.3. The second-order valence-corrected chi connectivity index (χ2v) is 8.39. The highest BCUT2D eigenvalue weighted by Crippen LogP contribution is 2.43. The lowest BCUT2D eigenvalue weighted by Crippen LogP contribution is -2.30. The Hall–Kier alpha value is -4.07. The molecule has 0 saturated carbocycles. The van der Waals surface area contributed by atoms with Crippen molar-refractivity contribution in [2.24, 2.45) is 0 Å². The maximum Gasteiger partial charge on any atom is 0.300 e. The molecule has 1 aromatic heterocycles. The Labute approximate surface area is 201 Å². The summed E-state index contributed by atoms with van der Waals surface area (Å²) in [5.74, 6) is -3.47. The Balaban J connectivity index is 1.95. The van der Waals surface area contributed by atoms with E-state index >= 15 is 0 Å². The number of nitrogens with zero attached hydrogens (tertiary/aromatic N) is 2. The van der Waals surface area contributed by atoms with Crippen LogP contribution in [0.2, 0.25) is 0 Å². The van der Waals surface area contributed by atoms with E-state index in [2.05, 4.69) is 4.98 Å². The number of halogens is 2. The first-order valence-corrected chi connectivity index (χ1v) is 11.2. The van der Waals surface area contributed by atoms with Crippen LogP contribution in [0.3, 0.4) is 0 Å². The molecule has 0 aliphatic carbocycles. The highest BCUT2D eigenvalue weighted by atomic mass is 19.1. The maximum atomic E-state index is 14.7. The number of amides is 1. The van der Waals surface area contributed by atoms with E-state index in [1.807, 2.05) is 20.8 Å². The molecule has 1 saturated heterocycles. The number of hydrogen-bond donors (Lipinski definition) is 1. The van der Waals surface area contributed by atoms with Crippen LogP contribution in [0.1, 0.15) is 49.4 Å². The summed E-state index contributed by atoms with van der Waals surface area (Å²) < 4.78 is 34.4. The Morgan fingerprint density at radius 1 is 1.09 bits per heavy atom. The van der Waals surface area contributed by atoms with Gasteiger partial charge in [-0.05, 0) is 66.4 Å². The van der Waals surface area contributed by atoms with E-state index in [1.165, 1.54) is 12.4 Å². The number of aliphatic hydroxyl groups is 1. The van der Waals surface area contributed by atoms with Crippen LogP contribution in [0.4, 0.5) is 14.5 Å². The van der Waals surface area contributed by atoms with Crippen molar-refractivity contribution in [2.45, 2.75) is 32.7 Å². The number of benzene rings is 2. The molecule has 1 fully saturated rings. The van der Waals surface area contributed by atoms with Crippen LogP contribution in [0, 0.1) is 11.6 Å². The van der Waals surface area contributed by atoms with Crippen molar-refractivity contribution in [2.75, 3.05) is 11.5 Å². The molecule has 35 heavy (non-hydrogen) atoms. The average Bonchev–Trinajstić information content (AvgIpc) is 3.11. The van der Waals surface area contributed by atoms with Crippen molar-refractivity contribution in [1.82, 2.24) is 4.98 Å². The van der Waals surface area contributed by atoms with Gasteiger partial charge in [0, 0.05) is 24.0 Å². The Bertz CT molecular complexity index is 1320. The fraction of sp³-hybridized carbons (Fsp3) is 0.222. The fourth-order valence-corrected chi connectivity index (χ4v) is 4.20. The minimum absolute atomic E-state index is 0.0455. The number of aliphatic hydroxyl groups excluding tert-OH is 1. The lowest BCUT2D eigenvalue weighted by Gasteiger charge is -2.25. The van der Waals surface area contributed by atoms with Crippen molar-refractivity contribution in [3.05, 3.63) is 94.8 Å². The number of rotatable bonds is 6. The third kappa shape index (κ3) is 4.39. The summed E-state index contributed by atoms with van der Waals surface area (Å²) in [4.78, 5) is 31.2. The SMILES string of the molecule is CCOc1ccc(/C(O)=C2/C(=O)C(=O)N(c3cc(F)ccc3F)C2c2ccncc2)cc1C(C)C. The van der Waals surface area contributed by atoms with Crippen molar-refractivity contribution in [3.63, 3.8) is 0 Å². The van der Waals surface area contributed by atoms with Crippen LogP contribution in [0.25, 0.3) is 5.76 Å². The first-order valence-electron chi connectivity index (χ1n) is 11.2. The topological polar surface area (TPSA) is 79.7 Å². The van der Waals surface area contributed by atoms with E-state index in [0.717, 1.165) is 28.7 Å². The van der Waals surface area contributed by atoms with Crippen molar-refractivity contribution in [1.29, 1.82) is 0 Å². The molecule has 8 heteroatoms. The Morgan fingerprint density at radius 2 is 1.80 bits per heavy atom. The van der Waals surface area contributed by atoms with Gasteiger partial charge in [-0.2, -0.15) is 0 Å². The molecule has 1 aliphatic rings. The number of pyridine rings is 1. The highest BCUT2D eigenvalue weighted by Gasteiger charge is 2.47. The van der Waals surface area contributed by atoms with Crippen LogP contribution in [0.5, 0.6) is 5.75 Å². The third-order valence-corrected chi connectivity index (χ3v) is 5.84. The molecule has 0 radical (unpaired) electrons. The zero-order valence-corrected chi connectivity index (χ0v) is 19.5. The van der Waals surface area contributed by atoms with Gasteiger partial charge in [0.05, 0.1) is 23.9 Å². The average molecular weight is 478 g/mol. The standard InChI is InChI=1S/C27H24F2N2O4/c1-4-35-22-8-5-17(13-19(22)15(2)3)25(32)23-24(16-9-11-30-12-10-16)31(27(34)26(23)33)21-14-18(28)6-7-20(21)29/h5-15,24,32H,4H2,1-3H3/b25-23-. The third-order valence-electron chi connectivity index (χ3n) is 5.84. The fourth-order valence-electron chi connectivity index (χ4n) is 4.20. The molecule has 1 N–H and O–H groups in total. The normalized spacial score (nSPS) is 17.3. The molecule has 2 aromatic carbocycles. The zero-order valence-electron chi connectivity index (χ0n) is 19.5. The number of Topliss-reactive ketones (excluding diaryl/α,β-unsaturated/α-hetero) is 1. The molecule has 1 unspecified atom stereocenters. The van der Waals surface area contributed by atoms with Crippen LogP contribution in [-0.2, 0) is 9.59 Å². The smallest absolute Gasteiger partial charge is 0.300 e. The van der Waals surface area contributed by atoms with Crippen LogP contribution in [0.15, 0.2) is 66.5 Å². The lowest BCUT2D eigenvalue weighted by atomic mass is 9.93. The molecule has 0 bridgehead atoms. The molecule has 3 aromatic rings. The van der Waals surface area contributed by atoms with Crippen LogP contribution in [-0.4, -0.2) is 28.4 Å². The van der Waals surface area contributed by atoms with Gasteiger partial charge in [-0.25, -0.2) is 8.78 Å². The number of aromatic nitrogens is 1. The zero-order chi connectivity index (χ0) is 25.3. The predicted molar refractivity (Wildman–Crippen MR) is 127 cm³/mol. The van der Waals surface area contributed by atoms with E-state index < -0.39 is 40.8 Å².